The van der Waals surface area contributed by atoms with Crippen LogP contribution in [0.25, 0.3) is 0 Å². The van der Waals surface area contributed by atoms with E-state index < -0.39 is 11.7 Å². The number of benzene rings is 1. The van der Waals surface area contributed by atoms with Crippen LogP contribution in [-0.4, -0.2) is 45.3 Å². The summed E-state index contributed by atoms with van der Waals surface area (Å²) in [5.74, 6) is 0. The Morgan fingerprint density at radius 2 is 2.00 bits per heavy atom. The lowest BCUT2D eigenvalue weighted by atomic mass is 10.1. The molecule has 0 aromatic heterocycles. The van der Waals surface area contributed by atoms with Crippen LogP contribution in [0.4, 0.5) is 13.2 Å². The van der Waals surface area contributed by atoms with Gasteiger partial charge in [0.25, 0.3) is 0 Å². The smallest absolute Gasteiger partial charge is 0.383 e. The summed E-state index contributed by atoms with van der Waals surface area (Å²) in [5.41, 5.74) is -0.304. The van der Waals surface area contributed by atoms with Gasteiger partial charge in [-0.15, -0.1) is 0 Å². The van der Waals surface area contributed by atoms with Gasteiger partial charge in [-0.3, -0.25) is 0 Å². The molecule has 1 aromatic carbocycles. The predicted molar refractivity (Wildman–Crippen MR) is 80.2 cm³/mol. The van der Waals surface area contributed by atoms with Gasteiger partial charge in [0, 0.05) is 37.8 Å². The van der Waals surface area contributed by atoms with Crippen LogP contribution < -0.4 is 5.32 Å². The number of rotatable bonds is 8. The molecule has 0 saturated heterocycles. The molecule has 0 radical (unpaired) electrons. The third kappa shape index (κ3) is 6.78. The van der Waals surface area contributed by atoms with E-state index in [2.05, 4.69) is 21.2 Å². The first-order chi connectivity index (χ1) is 9.84. The van der Waals surface area contributed by atoms with Gasteiger partial charge in [0.1, 0.15) is 0 Å². The molecule has 1 rings (SSSR count). The fourth-order valence-corrected chi connectivity index (χ4v) is 2.25. The molecule has 1 N–H and O–H groups in total. The second-order valence-electron chi connectivity index (χ2n) is 4.78. The highest BCUT2D eigenvalue weighted by Crippen LogP contribution is 2.34. The molecule has 0 fully saturated rings. The number of halogens is 4. The topological polar surface area (TPSA) is 24.5 Å². The number of hydrogen-bond acceptors (Lipinski definition) is 3. The van der Waals surface area contributed by atoms with E-state index in [-0.39, 0.29) is 12.1 Å². The molecule has 0 saturated carbocycles. The Bertz CT molecular complexity index is 441. The Labute approximate surface area is 131 Å². The van der Waals surface area contributed by atoms with E-state index in [1.54, 1.807) is 20.2 Å². The summed E-state index contributed by atoms with van der Waals surface area (Å²) >= 11 is 3.09. The monoisotopic (exact) mass is 368 g/mol. The molecular weight excluding hydrogens is 349 g/mol. The molecular formula is C14H20BrF3N2O. The van der Waals surface area contributed by atoms with Gasteiger partial charge < -0.3 is 15.0 Å². The highest BCUT2D eigenvalue weighted by molar-refractivity contribution is 9.10. The van der Waals surface area contributed by atoms with Gasteiger partial charge in [0.2, 0.25) is 0 Å². The van der Waals surface area contributed by atoms with Crippen molar-refractivity contribution in [3.05, 3.63) is 33.8 Å². The molecule has 7 heteroatoms. The Hall–Kier alpha value is -0.630. The maximum Gasteiger partial charge on any atom is 0.416 e. The standard InChI is InChI=1S/C14H20BrF3N2O/c1-20(7-5-19-6-8-21-2)10-11-3-4-12(15)9-13(11)14(16,17)18/h3-4,9,19H,5-8,10H2,1-2H3. The number of methoxy groups -OCH3 is 1. The van der Waals surface area contributed by atoms with Crippen LogP contribution in [0.3, 0.4) is 0 Å². The number of ether oxygens (including phenoxy) is 1. The van der Waals surface area contributed by atoms with Gasteiger partial charge in [-0.2, -0.15) is 13.2 Å². The SMILES string of the molecule is COCCNCCN(C)Cc1ccc(Br)cc1C(F)(F)F. The van der Waals surface area contributed by atoms with Crippen molar-refractivity contribution in [1.29, 1.82) is 0 Å². The van der Waals surface area contributed by atoms with E-state index in [0.717, 1.165) is 12.6 Å². The lowest BCUT2D eigenvalue weighted by molar-refractivity contribution is -0.138. The van der Waals surface area contributed by atoms with Gasteiger partial charge in [0.05, 0.1) is 12.2 Å². The van der Waals surface area contributed by atoms with Crippen LogP contribution in [0.5, 0.6) is 0 Å². The quantitative estimate of drug-likeness (QED) is 0.713. The minimum absolute atomic E-state index is 0.258. The van der Waals surface area contributed by atoms with Crippen LogP contribution in [0.2, 0.25) is 0 Å². The molecule has 0 amide bonds. The highest BCUT2D eigenvalue weighted by Gasteiger charge is 2.33. The average Bonchev–Trinajstić information content (AvgIpc) is 2.39. The van der Waals surface area contributed by atoms with Crippen molar-refractivity contribution < 1.29 is 17.9 Å². The van der Waals surface area contributed by atoms with Gasteiger partial charge in [-0.05, 0) is 24.7 Å². The van der Waals surface area contributed by atoms with Crippen LogP contribution >= 0.6 is 15.9 Å². The average molecular weight is 369 g/mol. The maximum absolute atomic E-state index is 13.0. The van der Waals surface area contributed by atoms with Gasteiger partial charge in [-0.1, -0.05) is 22.0 Å². The maximum atomic E-state index is 13.0. The van der Waals surface area contributed by atoms with E-state index in [0.29, 0.717) is 24.2 Å². The summed E-state index contributed by atoms with van der Waals surface area (Å²) in [6.07, 6.45) is -4.34. The third-order valence-corrected chi connectivity index (χ3v) is 3.46. The number of nitrogens with zero attached hydrogens (tertiary/aromatic N) is 1. The lowest BCUT2D eigenvalue weighted by Gasteiger charge is -2.20. The number of hydrogen-bond donors (Lipinski definition) is 1. The fourth-order valence-electron chi connectivity index (χ4n) is 1.89. The minimum Gasteiger partial charge on any atom is -0.383 e. The second kappa shape index (κ2) is 8.73. The lowest BCUT2D eigenvalue weighted by Crippen LogP contribution is -2.31. The molecule has 0 heterocycles. The number of alkyl halides is 3. The summed E-state index contributed by atoms with van der Waals surface area (Å²) in [6, 6.07) is 4.27. The van der Waals surface area contributed by atoms with Gasteiger partial charge in [0.15, 0.2) is 0 Å². The number of likely N-dealkylation sites (N-methyl/N-ethyl adjacent to an activating group) is 1. The van der Waals surface area contributed by atoms with Crippen molar-refractivity contribution in [3.63, 3.8) is 0 Å². The van der Waals surface area contributed by atoms with Crippen molar-refractivity contribution >= 4 is 15.9 Å². The normalized spacial score (nSPS) is 12.1. The molecule has 0 atom stereocenters. The van der Waals surface area contributed by atoms with E-state index in [4.69, 9.17) is 4.74 Å². The molecule has 3 nitrogen and oxygen atoms in total. The predicted octanol–water partition coefficient (Wildman–Crippen LogP) is 3.14. The largest absolute Gasteiger partial charge is 0.416 e. The van der Waals surface area contributed by atoms with E-state index in [1.807, 2.05) is 4.90 Å². The van der Waals surface area contributed by atoms with Crippen molar-refractivity contribution in [3.8, 4) is 0 Å². The summed E-state index contributed by atoms with van der Waals surface area (Å²) < 4.78 is 44.3. The fraction of sp³-hybridized carbons (Fsp3) is 0.571. The summed E-state index contributed by atoms with van der Waals surface area (Å²) in [5, 5.41) is 3.16. The van der Waals surface area contributed by atoms with Crippen molar-refractivity contribution in [1.82, 2.24) is 10.2 Å². The van der Waals surface area contributed by atoms with Crippen LogP contribution in [0.1, 0.15) is 11.1 Å². The van der Waals surface area contributed by atoms with Crippen molar-refractivity contribution in [2.45, 2.75) is 12.7 Å². The minimum atomic E-state index is -4.34. The Morgan fingerprint density at radius 1 is 1.29 bits per heavy atom. The third-order valence-electron chi connectivity index (χ3n) is 2.97. The Morgan fingerprint density at radius 3 is 2.62 bits per heavy atom. The van der Waals surface area contributed by atoms with Crippen LogP contribution in [-0.2, 0) is 17.5 Å². The zero-order valence-electron chi connectivity index (χ0n) is 12.1. The molecule has 21 heavy (non-hydrogen) atoms. The Balaban J connectivity index is 2.58. The molecule has 0 aliphatic carbocycles. The summed E-state index contributed by atoms with van der Waals surface area (Å²) in [7, 11) is 3.43. The first kappa shape index (κ1) is 18.4. The molecule has 0 aliphatic rings. The van der Waals surface area contributed by atoms with E-state index in [1.165, 1.54) is 6.07 Å². The first-order valence-corrected chi connectivity index (χ1v) is 7.37. The van der Waals surface area contributed by atoms with Crippen molar-refractivity contribution in [2.75, 3.05) is 40.4 Å². The van der Waals surface area contributed by atoms with Crippen LogP contribution in [0.15, 0.2) is 22.7 Å². The molecule has 0 aliphatic heterocycles. The molecule has 0 unspecified atom stereocenters. The summed E-state index contributed by atoms with van der Waals surface area (Å²) in [6.45, 7) is 2.98. The molecule has 120 valence electrons. The van der Waals surface area contributed by atoms with E-state index in [9.17, 15) is 13.2 Å². The number of nitrogens with one attached hydrogen (secondary N) is 1. The summed E-state index contributed by atoms with van der Waals surface area (Å²) in [4.78, 5) is 1.86. The van der Waals surface area contributed by atoms with Gasteiger partial charge in [-0.25, -0.2) is 0 Å². The Kier molecular flexibility index (Phi) is 7.65. The van der Waals surface area contributed by atoms with Crippen molar-refractivity contribution in [2.24, 2.45) is 0 Å². The van der Waals surface area contributed by atoms with Gasteiger partial charge >= 0.3 is 6.18 Å². The first-order valence-electron chi connectivity index (χ1n) is 6.58. The zero-order chi connectivity index (χ0) is 15.9. The molecule has 1 aromatic rings. The van der Waals surface area contributed by atoms with Crippen LogP contribution in [0, 0.1) is 0 Å². The second-order valence-corrected chi connectivity index (χ2v) is 5.70. The molecule has 0 spiro atoms. The zero-order valence-corrected chi connectivity index (χ0v) is 13.7. The highest BCUT2D eigenvalue weighted by atomic mass is 79.9. The van der Waals surface area contributed by atoms with E-state index >= 15 is 0 Å². The molecule has 0 bridgehead atoms.